The standard InChI is InChI=1S/C26H22FN3O2/c1-16-6-4-9-20(12-16)30-25(31)24-23(21-13-17(2)10-11-22(21)28(24)3)29(26(30)32)15-18-7-5-8-19(27)14-18/h4-14H,15H2,1-3H3. The first-order valence-corrected chi connectivity index (χ1v) is 10.4. The number of rotatable bonds is 3. The first-order chi connectivity index (χ1) is 15.3. The van der Waals surface area contributed by atoms with Crippen molar-refractivity contribution in [1.29, 1.82) is 0 Å². The van der Waals surface area contributed by atoms with Gasteiger partial charge in [0.15, 0.2) is 0 Å². The van der Waals surface area contributed by atoms with Crippen molar-refractivity contribution in [2.24, 2.45) is 7.05 Å². The molecule has 0 unspecified atom stereocenters. The van der Waals surface area contributed by atoms with Crippen molar-refractivity contribution < 1.29 is 4.39 Å². The lowest BCUT2D eigenvalue weighted by Crippen LogP contribution is -2.39. The minimum Gasteiger partial charge on any atom is -0.338 e. The molecule has 2 heterocycles. The van der Waals surface area contributed by atoms with E-state index in [1.54, 1.807) is 22.8 Å². The van der Waals surface area contributed by atoms with E-state index < -0.39 is 5.69 Å². The molecule has 0 saturated carbocycles. The average molecular weight is 427 g/mol. The molecule has 0 aliphatic rings. The number of aryl methyl sites for hydroxylation is 3. The molecule has 3 aromatic carbocycles. The Balaban J connectivity index is 1.96. The largest absolute Gasteiger partial charge is 0.338 e. The highest BCUT2D eigenvalue weighted by molar-refractivity contribution is 6.06. The normalized spacial score (nSPS) is 11.5. The Labute approximate surface area is 183 Å². The summed E-state index contributed by atoms with van der Waals surface area (Å²) in [6.45, 7) is 4.03. The van der Waals surface area contributed by atoms with Gasteiger partial charge in [0.1, 0.15) is 11.3 Å². The predicted octanol–water partition coefficient (Wildman–Crippen LogP) is 4.45. The molecule has 0 aliphatic heterocycles. The van der Waals surface area contributed by atoms with Gasteiger partial charge in [0.05, 0.1) is 23.3 Å². The van der Waals surface area contributed by atoms with Crippen LogP contribution in [0, 0.1) is 19.7 Å². The highest BCUT2D eigenvalue weighted by Crippen LogP contribution is 2.27. The van der Waals surface area contributed by atoms with Gasteiger partial charge in [0, 0.05) is 12.4 Å². The molecule has 5 nitrogen and oxygen atoms in total. The lowest BCUT2D eigenvalue weighted by molar-refractivity contribution is 0.622. The van der Waals surface area contributed by atoms with E-state index in [0.717, 1.165) is 22.0 Å². The van der Waals surface area contributed by atoms with Gasteiger partial charge >= 0.3 is 5.69 Å². The number of hydrogen-bond donors (Lipinski definition) is 0. The summed E-state index contributed by atoms with van der Waals surface area (Å²) in [6, 6.07) is 19.4. The molecule has 2 aromatic heterocycles. The first kappa shape index (κ1) is 20.0. The molecule has 5 rings (SSSR count). The fourth-order valence-electron chi connectivity index (χ4n) is 4.43. The van der Waals surface area contributed by atoms with Gasteiger partial charge in [-0.25, -0.2) is 13.8 Å². The van der Waals surface area contributed by atoms with Gasteiger partial charge in [0.2, 0.25) is 0 Å². The van der Waals surface area contributed by atoms with Crippen molar-refractivity contribution in [2.75, 3.05) is 0 Å². The minimum atomic E-state index is -0.452. The molecule has 6 heteroatoms. The topological polar surface area (TPSA) is 48.9 Å². The summed E-state index contributed by atoms with van der Waals surface area (Å²) in [5.41, 5.74) is 4.16. The smallest absolute Gasteiger partial charge is 0.336 e. The highest BCUT2D eigenvalue weighted by atomic mass is 19.1. The fraction of sp³-hybridized carbons (Fsp3) is 0.154. The van der Waals surface area contributed by atoms with Crippen LogP contribution in [0.2, 0.25) is 0 Å². The SMILES string of the molecule is Cc1cccc(-n2c(=O)c3c(c4cc(C)ccc4n3C)n(Cc3cccc(F)c3)c2=O)c1. The molecular weight excluding hydrogens is 405 g/mol. The number of halogens is 1. The van der Waals surface area contributed by atoms with Gasteiger partial charge in [-0.15, -0.1) is 0 Å². The molecule has 5 aromatic rings. The summed E-state index contributed by atoms with van der Waals surface area (Å²) in [4.78, 5) is 27.4. The number of nitrogens with zero attached hydrogens (tertiary/aromatic N) is 3. The van der Waals surface area contributed by atoms with E-state index in [0.29, 0.717) is 22.3 Å². The average Bonchev–Trinajstić information content (AvgIpc) is 3.03. The van der Waals surface area contributed by atoms with Gasteiger partial charge in [-0.3, -0.25) is 9.36 Å². The van der Waals surface area contributed by atoms with Crippen molar-refractivity contribution in [1.82, 2.24) is 13.7 Å². The van der Waals surface area contributed by atoms with E-state index >= 15 is 0 Å². The molecule has 0 spiro atoms. The Morgan fingerprint density at radius 1 is 0.844 bits per heavy atom. The zero-order valence-electron chi connectivity index (χ0n) is 18.1. The van der Waals surface area contributed by atoms with Crippen molar-refractivity contribution in [2.45, 2.75) is 20.4 Å². The summed E-state index contributed by atoms with van der Waals surface area (Å²) in [5, 5.41) is 0.824. The molecule has 0 N–H and O–H groups in total. The summed E-state index contributed by atoms with van der Waals surface area (Å²) < 4.78 is 18.5. The van der Waals surface area contributed by atoms with Gasteiger partial charge < -0.3 is 4.57 Å². The van der Waals surface area contributed by atoms with E-state index in [1.807, 2.05) is 61.9 Å². The lowest BCUT2D eigenvalue weighted by Gasteiger charge is -2.14. The van der Waals surface area contributed by atoms with Gasteiger partial charge in [-0.05, 0) is 61.4 Å². The van der Waals surface area contributed by atoms with Crippen LogP contribution in [0.1, 0.15) is 16.7 Å². The van der Waals surface area contributed by atoms with Crippen molar-refractivity contribution in [3.05, 3.63) is 110 Å². The molecule has 0 amide bonds. The molecule has 32 heavy (non-hydrogen) atoms. The second kappa shape index (κ2) is 7.34. The molecule has 0 aliphatic carbocycles. The van der Waals surface area contributed by atoms with Crippen molar-refractivity contribution in [3.63, 3.8) is 0 Å². The van der Waals surface area contributed by atoms with Crippen LogP contribution in [0.4, 0.5) is 4.39 Å². The zero-order chi connectivity index (χ0) is 22.6. The van der Waals surface area contributed by atoms with E-state index in [4.69, 9.17) is 0 Å². The van der Waals surface area contributed by atoms with Crippen LogP contribution in [0.25, 0.3) is 27.6 Å². The number of hydrogen-bond acceptors (Lipinski definition) is 2. The molecule has 0 saturated heterocycles. The summed E-state index contributed by atoms with van der Waals surface area (Å²) in [6.07, 6.45) is 0. The van der Waals surface area contributed by atoms with Crippen LogP contribution >= 0.6 is 0 Å². The van der Waals surface area contributed by atoms with Crippen LogP contribution in [0.5, 0.6) is 0 Å². The Kier molecular flexibility index (Phi) is 4.59. The van der Waals surface area contributed by atoms with E-state index in [9.17, 15) is 14.0 Å². The quantitative estimate of drug-likeness (QED) is 0.427. The second-order valence-electron chi connectivity index (χ2n) is 8.26. The minimum absolute atomic E-state index is 0.145. The Bertz CT molecular complexity index is 1640. The van der Waals surface area contributed by atoms with Crippen LogP contribution < -0.4 is 11.2 Å². The molecule has 160 valence electrons. The van der Waals surface area contributed by atoms with Crippen molar-refractivity contribution >= 4 is 21.9 Å². The Morgan fingerprint density at radius 3 is 2.34 bits per heavy atom. The van der Waals surface area contributed by atoms with Gasteiger partial charge in [-0.2, -0.15) is 0 Å². The second-order valence-corrected chi connectivity index (χ2v) is 8.26. The van der Waals surface area contributed by atoms with Crippen LogP contribution in [0.3, 0.4) is 0 Å². The predicted molar refractivity (Wildman–Crippen MR) is 125 cm³/mol. The summed E-state index contributed by atoms with van der Waals surface area (Å²) >= 11 is 0. The molecule has 0 bridgehead atoms. The summed E-state index contributed by atoms with van der Waals surface area (Å²) in [5.74, 6) is -0.368. The highest BCUT2D eigenvalue weighted by Gasteiger charge is 2.21. The maximum absolute atomic E-state index is 13.9. The van der Waals surface area contributed by atoms with E-state index in [-0.39, 0.29) is 17.9 Å². The number of fused-ring (bicyclic) bond motifs is 3. The van der Waals surface area contributed by atoms with Crippen LogP contribution in [0.15, 0.2) is 76.3 Å². The Morgan fingerprint density at radius 2 is 1.59 bits per heavy atom. The zero-order valence-corrected chi connectivity index (χ0v) is 18.1. The number of benzene rings is 3. The third kappa shape index (κ3) is 3.07. The number of aromatic nitrogens is 3. The maximum Gasteiger partial charge on any atom is 0.336 e. The fourth-order valence-corrected chi connectivity index (χ4v) is 4.43. The van der Waals surface area contributed by atoms with Gasteiger partial charge in [0.25, 0.3) is 5.56 Å². The molecule has 0 fully saturated rings. The molecular formula is C26H22FN3O2. The third-order valence-electron chi connectivity index (χ3n) is 5.92. The Hall–Kier alpha value is -3.93. The molecule has 0 radical (unpaired) electrons. The lowest BCUT2D eigenvalue weighted by atomic mass is 10.1. The third-order valence-corrected chi connectivity index (χ3v) is 5.92. The van der Waals surface area contributed by atoms with Crippen LogP contribution in [-0.4, -0.2) is 13.7 Å². The maximum atomic E-state index is 13.9. The van der Waals surface area contributed by atoms with Gasteiger partial charge in [-0.1, -0.05) is 35.9 Å². The van der Waals surface area contributed by atoms with E-state index in [2.05, 4.69) is 0 Å². The van der Waals surface area contributed by atoms with E-state index in [1.165, 1.54) is 16.7 Å². The first-order valence-electron chi connectivity index (χ1n) is 10.4. The summed E-state index contributed by atoms with van der Waals surface area (Å²) in [7, 11) is 1.83. The monoisotopic (exact) mass is 427 g/mol. The molecule has 0 atom stereocenters. The van der Waals surface area contributed by atoms with Crippen molar-refractivity contribution in [3.8, 4) is 5.69 Å². The van der Waals surface area contributed by atoms with Crippen LogP contribution in [-0.2, 0) is 13.6 Å².